The number of hydrogen-bond acceptors (Lipinski definition) is 6. The molecule has 0 saturated carbocycles. The lowest BCUT2D eigenvalue weighted by Gasteiger charge is -2.35. The van der Waals surface area contributed by atoms with E-state index < -0.39 is 0 Å². The third kappa shape index (κ3) is 2.80. The van der Waals surface area contributed by atoms with E-state index >= 15 is 0 Å². The normalized spacial score (nSPS) is 18.3. The zero-order chi connectivity index (χ0) is 18.2. The lowest BCUT2D eigenvalue weighted by molar-refractivity contribution is 0.171. The third-order valence-corrected chi connectivity index (χ3v) is 5.13. The molecule has 0 fully saturated rings. The van der Waals surface area contributed by atoms with Crippen molar-refractivity contribution in [1.82, 2.24) is 19.9 Å². The van der Waals surface area contributed by atoms with E-state index in [1.807, 2.05) is 24.4 Å². The maximum atomic E-state index is 5.64. The fraction of sp³-hybridized carbons (Fsp3) is 0.300. The summed E-state index contributed by atoms with van der Waals surface area (Å²) in [5.41, 5.74) is 4.48. The van der Waals surface area contributed by atoms with Crippen LogP contribution in [-0.2, 0) is 13.0 Å². The van der Waals surface area contributed by atoms with Crippen molar-refractivity contribution in [2.45, 2.75) is 19.0 Å². The van der Waals surface area contributed by atoms with Crippen molar-refractivity contribution in [1.29, 1.82) is 0 Å². The Balaban J connectivity index is 1.58. The molecule has 4 heterocycles. The Morgan fingerprint density at radius 2 is 2.30 bits per heavy atom. The van der Waals surface area contributed by atoms with Gasteiger partial charge >= 0.3 is 0 Å². The molecule has 2 aliphatic heterocycles. The number of nitrogens with zero attached hydrogens (tertiary/aromatic N) is 3. The van der Waals surface area contributed by atoms with Crippen LogP contribution in [-0.4, -0.2) is 40.3 Å². The molecule has 7 heteroatoms. The lowest BCUT2D eigenvalue weighted by Crippen LogP contribution is -2.35. The Bertz CT molecular complexity index is 957. The fourth-order valence-electron chi connectivity index (χ4n) is 3.90. The minimum Gasteiger partial charge on any atom is -0.493 e. The summed E-state index contributed by atoms with van der Waals surface area (Å²) in [6, 6.07) is 8.14. The van der Waals surface area contributed by atoms with Crippen molar-refractivity contribution in [3.63, 3.8) is 0 Å². The van der Waals surface area contributed by atoms with Gasteiger partial charge in [-0.15, -0.1) is 0 Å². The van der Waals surface area contributed by atoms with Crippen molar-refractivity contribution in [2.75, 3.05) is 20.4 Å². The van der Waals surface area contributed by atoms with Gasteiger partial charge in [-0.25, -0.2) is 4.98 Å². The molecule has 0 saturated heterocycles. The number of ether oxygens (including phenoxy) is 3. The molecular weight excluding hydrogens is 344 g/mol. The van der Waals surface area contributed by atoms with Gasteiger partial charge in [-0.05, 0) is 29.3 Å². The molecular formula is C20H20N4O3. The van der Waals surface area contributed by atoms with Crippen molar-refractivity contribution in [3.05, 3.63) is 65.5 Å². The van der Waals surface area contributed by atoms with Crippen LogP contribution in [0.4, 0.5) is 0 Å². The van der Waals surface area contributed by atoms with Crippen molar-refractivity contribution in [2.24, 2.45) is 0 Å². The highest BCUT2D eigenvalue weighted by molar-refractivity contribution is 5.56. The second kappa shape index (κ2) is 6.59. The first-order chi connectivity index (χ1) is 13.3. The smallest absolute Gasteiger partial charge is 0.231 e. The van der Waals surface area contributed by atoms with E-state index in [2.05, 4.69) is 25.9 Å². The zero-order valence-corrected chi connectivity index (χ0v) is 15.0. The quantitative estimate of drug-likeness (QED) is 0.767. The van der Waals surface area contributed by atoms with E-state index in [-0.39, 0.29) is 12.8 Å². The molecule has 1 aromatic carbocycles. The van der Waals surface area contributed by atoms with Crippen LogP contribution in [0.15, 0.2) is 43.0 Å². The topological polar surface area (TPSA) is 72.5 Å². The molecule has 138 valence electrons. The number of methoxy groups -OCH3 is 1. The molecule has 1 N–H and O–H groups in total. The molecule has 27 heavy (non-hydrogen) atoms. The van der Waals surface area contributed by atoms with Crippen LogP contribution in [0.5, 0.6) is 17.2 Å². The van der Waals surface area contributed by atoms with E-state index in [1.165, 1.54) is 11.3 Å². The van der Waals surface area contributed by atoms with E-state index in [1.54, 1.807) is 19.6 Å². The SMILES string of the molecule is COc1cc([C@@H]2c3nc[nH]c3CCN2Cc2cccnc2)cc2c1OCO2. The minimum atomic E-state index is 0.00334. The molecule has 0 spiro atoms. The fourth-order valence-corrected chi connectivity index (χ4v) is 3.90. The summed E-state index contributed by atoms with van der Waals surface area (Å²) >= 11 is 0. The molecule has 0 amide bonds. The van der Waals surface area contributed by atoms with Crippen molar-refractivity contribution in [3.8, 4) is 17.2 Å². The summed E-state index contributed by atoms with van der Waals surface area (Å²) in [5.74, 6) is 2.07. The largest absolute Gasteiger partial charge is 0.493 e. The summed E-state index contributed by atoms with van der Waals surface area (Å²) in [6.45, 7) is 1.93. The second-order valence-electron chi connectivity index (χ2n) is 6.71. The first kappa shape index (κ1) is 16.1. The zero-order valence-electron chi connectivity index (χ0n) is 15.0. The summed E-state index contributed by atoms with van der Waals surface area (Å²) < 4.78 is 16.7. The van der Waals surface area contributed by atoms with Crippen LogP contribution < -0.4 is 14.2 Å². The molecule has 1 atom stereocenters. The minimum absolute atomic E-state index is 0.00334. The molecule has 2 aliphatic rings. The highest BCUT2D eigenvalue weighted by atomic mass is 16.7. The molecule has 0 aliphatic carbocycles. The molecule has 5 rings (SSSR count). The highest BCUT2D eigenvalue weighted by Gasteiger charge is 2.33. The van der Waals surface area contributed by atoms with E-state index in [9.17, 15) is 0 Å². The number of aromatic nitrogens is 3. The number of nitrogens with one attached hydrogen (secondary N) is 1. The summed E-state index contributed by atoms with van der Waals surface area (Å²) in [7, 11) is 1.65. The standard InChI is InChI=1S/C20H20N4O3/c1-25-16-7-14(8-17-20(16)27-12-26-17)19-18-15(22-11-23-18)4-6-24(19)10-13-3-2-5-21-9-13/h2-3,5,7-9,11,19H,4,6,10,12H2,1H3,(H,22,23)/t19-/m1/s1. The molecule has 0 unspecified atom stereocenters. The van der Waals surface area contributed by atoms with Gasteiger partial charge in [-0.2, -0.15) is 0 Å². The van der Waals surface area contributed by atoms with Gasteiger partial charge in [-0.1, -0.05) is 6.07 Å². The Morgan fingerprint density at radius 3 is 3.15 bits per heavy atom. The van der Waals surface area contributed by atoms with Gasteiger partial charge < -0.3 is 19.2 Å². The lowest BCUT2D eigenvalue weighted by atomic mass is 9.94. The average molecular weight is 364 g/mol. The van der Waals surface area contributed by atoms with Crippen LogP contribution >= 0.6 is 0 Å². The molecule has 3 aromatic rings. The van der Waals surface area contributed by atoms with Crippen molar-refractivity contribution < 1.29 is 14.2 Å². The maximum absolute atomic E-state index is 5.64. The van der Waals surface area contributed by atoms with Gasteiger partial charge in [0.15, 0.2) is 11.5 Å². The Kier molecular flexibility index (Phi) is 3.94. The Labute approximate surface area is 156 Å². The van der Waals surface area contributed by atoms with Gasteiger partial charge in [0.1, 0.15) is 0 Å². The maximum Gasteiger partial charge on any atom is 0.231 e. The van der Waals surface area contributed by atoms with Gasteiger partial charge in [-0.3, -0.25) is 9.88 Å². The van der Waals surface area contributed by atoms with Gasteiger partial charge in [0.05, 0.1) is 25.2 Å². The number of hydrogen-bond donors (Lipinski definition) is 1. The first-order valence-electron chi connectivity index (χ1n) is 8.96. The Hall–Kier alpha value is -3.06. The number of aromatic amines is 1. The number of imidazole rings is 1. The van der Waals surface area contributed by atoms with Crippen LogP contribution in [0.25, 0.3) is 0 Å². The summed E-state index contributed by atoms with van der Waals surface area (Å²) in [4.78, 5) is 14.6. The molecule has 7 nitrogen and oxygen atoms in total. The van der Waals surface area contributed by atoms with Gasteiger partial charge in [0, 0.05) is 37.6 Å². The predicted molar refractivity (Wildman–Crippen MR) is 97.9 cm³/mol. The third-order valence-electron chi connectivity index (χ3n) is 5.13. The van der Waals surface area contributed by atoms with Crippen LogP contribution in [0.1, 0.15) is 28.6 Å². The number of rotatable bonds is 4. The monoisotopic (exact) mass is 364 g/mol. The molecule has 0 bridgehead atoms. The number of fused-ring (bicyclic) bond motifs is 2. The first-order valence-corrected chi connectivity index (χ1v) is 8.96. The number of benzene rings is 1. The number of pyridine rings is 1. The van der Waals surface area contributed by atoms with Crippen molar-refractivity contribution >= 4 is 0 Å². The van der Waals surface area contributed by atoms with E-state index in [4.69, 9.17) is 14.2 Å². The van der Waals surface area contributed by atoms with E-state index in [0.29, 0.717) is 17.2 Å². The Morgan fingerprint density at radius 1 is 1.33 bits per heavy atom. The van der Waals surface area contributed by atoms with Crippen LogP contribution in [0.2, 0.25) is 0 Å². The second-order valence-corrected chi connectivity index (χ2v) is 6.71. The van der Waals surface area contributed by atoms with Crippen LogP contribution in [0.3, 0.4) is 0 Å². The predicted octanol–water partition coefficient (Wildman–Crippen LogP) is 2.69. The summed E-state index contributed by atoms with van der Waals surface area (Å²) in [5, 5.41) is 0. The molecule has 2 aromatic heterocycles. The molecule has 0 radical (unpaired) electrons. The average Bonchev–Trinajstić information content (AvgIpc) is 3.37. The summed E-state index contributed by atoms with van der Waals surface area (Å²) in [6.07, 6.45) is 6.42. The van der Waals surface area contributed by atoms with E-state index in [0.717, 1.165) is 30.8 Å². The van der Waals surface area contributed by atoms with Crippen LogP contribution in [0, 0.1) is 0 Å². The van der Waals surface area contributed by atoms with Gasteiger partial charge in [0.25, 0.3) is 0 Å². The van der Waals surface area contributed by atoms with Gasteiger partial charge in [0.2, 0.25) is 12.5 Å². The number of H-pyrrole nitrogens is 1. The highest BCUT2D eigenvalue weighted by Crippen LogP contribution is 2.45.